The summed E-state index contributed by atoms with van der Waals surface area (Å²) in [4.78, 5) is 12.4. The van der Waals surface area contributed by atoms with E-state index in [2.05, 4.69) is 41.7 Å². The Bertz CT molecular complexity index is 1410. The van der Waals surface area contributed by atoms with Crippen molar-refractivity contribution in [3.8, 4) is 11.1 Å². The fourth-order valence-corrected chi connectivity index (χ4v) is 5.68. The molecule has 0 aliphatic carbocycles. The van der Waals surface area contributed by atoms with Crippen molar-refractivity contribution in [2.24, 2.45) is 5.73 Å². The zero-order valence-electron chi connectivity index (χ0n) is 22.5. The molecule has 6 nitrogen and oxygen atoms in total. The topological polar surface area (TPSA) is 93.8 Å². The number of thioether (sulfide) groups is 1. The Hall–Kier alpha value is -3.46. The third kappa shape index (κ3) is 7.18. The average Bonchev–Trinajstić information content (AvgIpc) is 3.00. The van der Waals surface area contributed by atoms with Crippen molar-refractivity contribution >= 4 is 23.4 Å². The molecule has 0 radical (unpaired) electrons. The second kappa shape index (κ2) is 13.3. The minimum absolute atomic E-state index is 0.0120. The van der Waals surface area contributed by atoms with Gasteiger partial charge in [0.2, 0.25) is 5.91 Å². The number of amides is 1. The summed E-state index contributed by atoms with van der Waals surface area (Å²) in [5, 5.41) is 12.3. The number of carbonyl (C=O) groups is 1. The van der Waals surface area contributed by atoms with Crippen molar-refractivity contribution in [1.82, 2.24) is 0 Å². The van der Waals surface area contributed by atoms with E-state index in [1.54, 1.807) is 11.8 Å². The summed E-state index contributed by atoms with van der Waals surface area (Å²) in [6, 6.07) is 32.4. The molecule has 4 aromatic carbocycles. The Morgan fingerprint density at radius 2 is 1.62 bits per heavy atom. The van der Waals surface area contributed by atoms with Gasteiger partial charge in [-0.15, -0.1) is 11.8 Å². The van der Waals surface area contributed by atoms with Crippen molar-refractivity contribution < 1.29 is 19.4 Å². The smallest absolute Gasteiger partial charge is 0.221 e. The van der Waals surface area contributed by atoms with Gasteiger partial charge >= 0.3 is 0 Å². The first-order valence-electron chi connectivity index (χ1n) is 13.4. The Balaban J connectivity index is 1.33. The van der Waals surface area contributed by atoms with Crippen molar-refractivity contribution in [1.29, 1.82) is 0 Å². The van der Waals surface area contributed by atoms with Crippen LogP contribution >= 0.6 is 11.8 Å². The van der Waals surface area contributed by atoms with E-state index >= 15 is 0 Å². The number of benzene rings is 4. The maximum Gasteiger partial charge on any atom is 0.221 e. The van der Waals surface area contributed by atoms with Crippen LogP contribution in [-0.4, -0.2) is 22.9 Å². The van der Waals surface area contributed by atoms with E-state index in [1.807, 2.05) is 60.7 Å². The summed E-state index contributed by atoms with van der Waals surface area (Å²) >= 11 is 1.72. The Morgan fingerprint density at radius 1 is 0.900 bits per heavy atom. The van der Waals surface area contributed by atoms with E-state index in [0.29, 0.717) is 6.54 Å². The Kier molecular flexibility index (Phi) is 9.31. The van der Waals surface area contributed by atoms with Gasteiger partial charge in [-0.25, -0.2) is 0 Å². The van der Waals surface area contributed by atoms with Gasteiger partial charge in [0.25, 0.3) is 0 Å². The highest BCUT2D eigenvalue weighted by Crippen LogP contribution is 2.40. The Labute approximate surface area is 239 Å². The van der Waals surface area contributed by atoms with Gasteiger partial charge in [-0.2, -0.15) is 0 Å². The van der Waals surface area contributed by atoms with Gasteiger partial charge in [0.05, 0.1) is 18.8 Å². The summed E-state index contributed by atoms with van der Waals surface area (Å²) in [6.07, 6.45) is 0.0337. The van der Waals surface area contributed by atoms with E-state index in [4.69, 9.17) is 15.2 Å². The quantitative estimate of drug-likeness (QED) is 0.202. The van der Waals surface area contributed by atoms with Crippen LogP contribution in [0.15, 0.2) is 102 Å². The molecule has 0 unspecified atom stereocenters. The van der Waals surface area contributed by atoms with Gasteiger partial charge < -0.3 is 25.6 Å². The largest absolute Gasteiger partial charge is 0.392 e. The molecule has 0 spiro atoms. The number of nitrogens with one attached hydrogen (secondary N) is 1. The number of hydrogen-bond acceptors (Lipinski definition) is 6. The molecular formula is C33H34N2O4S. The molecule has 1 amide bonds. The predicted octanol–water partition coefficient (Wildman–Crippen LogP) is 6.60. The molecule has 4 N–H and O–H groups in total. The minimum Gasteiger partial charge on any atom is -0.392 e. The zero-order chi connectivity index (χ0) is 27.9. The summed E-state index contributed by atoms with van der Waals surface area (Å²) in [5.41, 5.74) is 12.8. The minimum atomic E-state index is -0.506. The lowest BCUT2D eigenvalue weighted by atomic mass is 9.99. The molecule has 40 heavy (non-hydrogen) atoms. The first-order valence-corrected chi connectivity index (χ1v) is 14.4. The number of hydrogen-bond donors (Lipinski definition) is 3. The molecule has 1 aliphatic heterocycles. The van der Waals surface area contributed by atoms with E-state index in [1.165, 1.54) is 6.92 Å². The third-order valence-electron chi connectivity index (χ3n) is 6.90. The van der Waals surface area contributed by atoms with Gasteiger partial charge in [-0.05, 0) is 58.1 Å². The molecule has 3 atom stereocenters. The monoisotopic (exact) mass is 554 g/mol. The summed E-state index contributed by atoms with van der Waals surface area (Å²) in [5.74, 6) is 0.673. The van der Waals surface area contributed by atoms with Crippen molar-refractivity contribution in [2.75, 3.05) is 11.1 Å². The Morgan fingerprint density at radius 3 is 2.30 bits per heavy atom. The van der Waals surface area contributed by atoms with E-state index < -0.39 is 6.29 Å². The van der Waals surface area contributed by atoms with Crippen LogP contribution in [0.2, 0.25) is 0 Å². The SMILES string of the molecule is CC(=O)Nc1ccc(SC[C@@H]2C[C@H](c3ccc(CO)cc3)O[C@H](c3ccc(-c4cccc(CN)c4)cc3)O2)cc1. The molecule has 7 heteroatoms. The van der Waals surface area contributed by atoms with E-state index in [9.17, 15) is 9.90 Å². The second-order valence-corrected chi connectivity index (χ2v) is 11.0. The number of aliphatic hydroxyl groups excluding tert-OH is 1. The average molecular weight is 555 g/mol. The molecule has 0 bridgehead atoms. The summed E-state index contributed by atoms with van der Waals surface area (Å²) in [7, 11) is 0. The van der Waals surface area contributed by atoms with Crippen molar-refractivity contribution in [3.05, 3.63) is 119 Å². The van der Waals surface area contributed by atoms with Crippen LogP contribution < -0.4 is 11.1 Å². The highest BCUT2D eigenvalue weighted by atomic mass is 32.2. The standard InChI is InChI=1S/C33H34N2O4S/c1-22(37)35-29-13-15-31(16-14-29)40-21-30-18-32(26-7-5-23(20-36)6-8-26)39-33(38-30)27-11-9-25(10-12-27)28-4-2-3-24(17-28)19-34/h2-17,30,32-33,36H,18-21,34H2,1H3,(H,35,37)/t30-,32+,33+/m0/s1. The lowest BCUT2D eigenvalue weighted by molar-refractivity contribution is -0.245. The third-order valence-corrected chi connectivity index (χ3v) is 8.05. The summed E-state index contributed by atoms with van der Waals surface area (Å²) < 4.78 is 13.0. The van der Waals surface area contributed by atoms with E-state index in [-0.39, 0.29) is 24.7 Å². The molecule has 4 aromatic rings. The summed E-state index contributed by atoms with van der Waals surface area (Å²) in [6.45, 7) is 2.02. The van der Waals surface area contributed by atoms with Crippen molar-refractivity contribution in [2.45, 2.75) is 49.9 Å². The van der Waals surface area contributed by atoms with Crippen LogP contribution in [0.5, 0.6) is 0 Å². The molecule has 1 aliphatic rings. The van der Waals surface area contributed by atoms with Crippen LogP contribution in [-0.2, 0) is 27.4 Å². The molecule has 5 rings (SSSR count). The lowest BCUT2D eigenvalue weighted by Crippen LogP contribution is -2.31. The number of anilines is 1. The molecule has 206 valence electrons. The van der Waals surface area contributed by atoms with Gasteiger partial charge in [0.15, 0.2) is 6.29 Å². The maximum absolute atomic E-state index is 11.3. The number of nitrogens with two attached hydrogens (primary N) is 1. The van der Waals surface area contributed by atoms with Crippen molar-refractivity contribution in [3.63, 3.8) is 0 Å². The number of carbonyl (C=O) groups excluding carboxylic acids is 1. The van der Waals surface area contributed by atoms with Crippen LogP contribution in [0.25, 0.3) is 11.1 Å². The second-order valence-electron chi connectivity index (χ2n) is 9.89. The van der Waals surface area contributed by atoms with Crippen LogP contribution in [0.1, 0.15) is 48.0 Å². The van der Waals surface area contributed by atoms with Gasteiger partial charge in [-0.1, -0.05) is 66.7 Å². The van der Waals surface area contributed by atoms with Crippen LogP contribution in [0, 0.1) is 0 Å². The fourth-order valence-electron chi connectivity index (χ4n) is 4.76. The van der Waals surface area contributed by atoms with Crippen LogP contribution in [0.4, 0.5) is 5.69 Å². The number of ether oxygens (including phenoxy) is 2. The zero-order valence-corrected chi connectivity index (χ0v) is 23.3. The molecule has 1 fully saturated rings. The maximum atomic E-state index is 11.3. The molecular weight excluding hydrogens is 520 g/mol. The lowest BCUT2D eigenvalue weighted by Gasteiger charge is -2.36. The molecule has 1 saturated heterocycles. The molecule has 1 heterocycles. The van der Waals surface area contributed by atoms with Gasteiger partial charge in [0, 0.05) is 41.8 Å². The highest BCUT2D eigenvalue weighted by Gasteiger charge is 2.32. The van der Waals surface area contributed by atoms with E-state index in [0.717, 1.165) is 56.1 Å². The normalized spacial score (nSPS) is 18.8. The number of rotatable bonds is 9. The fraction of sp³-hybridized carbons (Fsp3) is 0.242. The first-order chi connectivity index (χ1) is 19.5. The van der Waals surface area contributed by atoms with Crippen LogP contribution in [0.3, 0.4) is 0 Å². The number of aliphatic hydroxyl groups is 1. The molecule has 0 saturated carbocycles. The first kappa shape index (κ1) is 28.1. The predicted molar refractivity (Wildman–Crippen MR) is 160 cm³/mol. The van der Waals surface area contributed by atoms with Gasteiger partial charge in [0.1, 0.15) is 0 Å². The highest BCUT2D eigenvalue weighted by molar-refractivity contribution is 7.99. The van der Waals surface area contributed by atoms with Gasteiger partial charge in [-0.3, -0.25) is 4.79 Å². The molecule has 0 aromatic heterocycles.